The predicted molar refractivity (Wildman–Crippen MR) is 62.2 cm³/mol. The van der Waals surface area contributed by atoms with Crippen LogP contribution in [0.5, 0.6) is 0 Å². The Balaban J connectivity index is 3.25. The number of carbonyl (C=O) groups excluding carboxylic acids is 1. The zero-order chi connectivity index (χ0) is 12.8. The molecule has 0 fully saturated rings. The van der Waals surface area contributed by atoms with Gasteiger partial charge in [-0.25, -0.2) is 0 Å². The molecule has 0 atom stereocenters. The first-order valence-electron chi connectivity index (χ1n) is 5.38. The van der Waals surface area contributed by atoms with Crippen LogP contribution < -0.4 is 0 Å². The van der Waals surface area contributed by atoms with Crippen molar-refractivity contribution in [3.8, 4) is 6.07 Å². The highest BCUT2D eigenvalue weighted by Crippen LogP contribution is 2.19. The van der Waals surface area contributed by atoms with Gasteiger partial charge in [-0.2, -0.15) is 5.26 Å². The fourth-order valence-electron chi connectivity index (χ4n) is 1.67. The van der Waals surface area contributed by atoms with Gasteiger partial charge >= 0.3 is 5.97 Å². The fraction of sp³-hybridized carbons (Fsp3) is 0.385. The molecule has 1 N–H and O–H groups in total. The van der Waals surface area contributed by atoms with Crippen LogP contribution in [0.2, 0.25) is 0 Å². The number of aliphatic hydroxyl groups excluding tert-OH is 1. The molecule has 90 valence electrons. The maximum absolute atomic E-state index is 11.3. The predicted octanol–water partition coefficient (Wildman–Crippen LogP) is 1.33. The molecule has 0 heterocycles. The topological polar surface area (TPSA) is 70.3 Å². The standard InChI is InChI=1S/C13H15NO3/c1-3-9-4-10(6-13(16)17-2)12(8-15)11(5-9)7-14/h4-5,15H,3,6,8H2,1-2H3. The van der Waals surface area contributed by atoms with E-state index in [2.05, 4.69) is 4.74 Å². The minimum atomic E-state index is -0.378. The second-order valence-corrected chi connectivity index (χ2v) is 3.66. The molecule has 0 amide bonds. The highest BCUT2D eigenvalue weighted by molar-refractivity contribution is 5.73. The van der Waals surface area contributed by atoms with E-state index in [0.29, 0.717) is 16.7 Å². The number of hydrogen-bond donors (Lipinski definition) is 1. The minimum absolute atomic E-state index is 0.0783. The van der Waals surface area contributed by atoms with Crippen molar-refractivity contribution in [2.45, 2.75) is 26.4 Å². The van der Waals surface area contributed by atoms with Crippen LogP contribution in [0.4, 0.5) is 0 Å². The Morgan fingerprint density at radius 1 is 1.53 bits per heavy atom. The van der Waals surface area contributed by atoms with E-state index in [-0.39, 0.29) is 19.0 Å². The van der Waals surface area contributed by atoms with Crippen molar-refractivity contribution in [3.63, 3.8) is 0 Å². The SMILES string of the molecule is CCc1cc(C#N)c(CO)c(CC(=O)OC)c1. The molecule has 0 radical (unpaired) electrons. The van der Waals surface area contributed by atoms with E-state index in [1.54, 1.807) is 6.07 Å². The van der Waals surface area contributed by atoms with E-state index >= 15 is 0 Å². The summed E-state index contributed by atoms with van der Waals surface area (Å²) in [5, 5.41) is 18.3. The Bertz CT molecular complexity index is 460. The van der Waals surface area contributed by atoms with Crippen LogP contribution in [0.3, 0.4) is 0 Å². The molecule has 0 bridgehead atoms. The number of esters is 1. The lowest BCUT2D eigenvalue weighted by Crippen LogP contribution is -2.09. The lowest BCUT2D eigenvalue weighted by molar-refractivity contribution is -0.139. The maximum atomic E-state index is 11.3. The van der Waals surface area contributed by atoms with Crippen molar-refractivity contribution in [1.82, 2.24) is 0 Å². The molecule has 1 aromatic carbocycles. The molecule has 0 aliphatic heterocycles. The van der Waals surface area contributed by atoms with Crippen LogP contribution in [0.1, 0.15) is 29.2 Å². The second-order valence-electron chi connectivity index (χ2n) is 3.66. The van der Waals surface area contributed by atoms with Gasteiger partial charge < -0.3 is 9.84 Å². The number of benzene rings is 1. The summed E-state index contributed by atoms with van der Waals surface area (Å²) in [5.74, 6) is -0.378. The van der Waals surface area contributed by atoms with Crippen LogP contribution in [0, 0.1) is 11.3 Å². The van der Waals surface area contributed by atoms with Crippen molar-refractivity contribution in [1.29, 1.82) is 5.26 Å². The van der Waals surface area contributed by atoms with Crippen molar-refractivity contribution >= 4 is 5.97 Å². The van der Waals surface area contributed by atoms with Crippen LogP contribution in [-0.4, -0.2) is 18.2 Å². The van der Waals surface area contributed by atoms with E-state index in [9.17, 15) is 9.90 Å². The quantitative estimate of drug-likeness (QED) is 0.796. The van der Waals surface area contributed by atoms with E-state index in [0.717, 1.165) is 12.0 Å². The number of nitrogens with zero attached hydrogens (tertiary/aromatic N) is 1. The van der Waals surface area contributed by atoms with Gasteiger partial charge in [0.05, 0.1) is 31.8 Å². The number of ether oxygens (including phenoxy) is 1. The molecule has 0 unspecified atom stereocenters. The summed E-state index contributed by atoms with van der Waals surface area (Å²) in [6.45, 7) is 1.72. The molecule has 0 aliphatic carbocycles. The molecule has 1 aromatic rings. The van der Waals surface area contributed by atoms with Crippen LogP contribution in [-0.2, 0) is 29.0 Å². The normalized spacial score (nSPS) is 9.76. The van der Waals surface area contributed by atoms with Crippen LogP contribution in [0.25, 0.3) is 0 Å². The van der Waals surface area contributed by atoms with E-state index in [1.165, 1.54) is 7.11 Å². The lowest BCUT2D eigenvalue weighted by atomic mass is 9.95. The summed E-state index contributed by atoms with van der Waals surface area (Å²) in [6, 6.07) is 5.62. The minimum Gasteiger partial charge on any atom is -0.469 e. The third-order valence-corrected chi connectivity index (χ3v) is 2.65. The van der Waals surface area contributed by atoms with Gasteiger partial charge in [0.2, 0.25) is 0 Å². The highest BCUT2D eigenvalue weighted by Gasteiger charge is 2.13. The first-order valence-corrected chi connectivity index (χ1v) is 5.38. The number of carbonyl (C=O) groups is 1. The van der Waals surface area contributed by atoms with Gasteiger partial charge in [0, 0.05) is 0 Å². The first-order chi connectivity index (χ1) is 8.15. The molecule has 0 saturated carbocycles. The monoisotopic (exact) mass is 233 g/mol. The van der Waals surface area contributed by atoms with Crippen molar-refractivity contribution in [3.05, 3.63) is 34.4 Å². The number of rotatable bonds is 4. The summed E-state index contributed by atoms with van der Waals surface area (Å²) in [5.41, 5.74) is 2.56. The van der Waals surface area contributed by atoms with Crippen molar-refractivity contribution in [2.75, 3.05) is 7.11 Å². The Morgan fingerprint density at radius 3 is 2.71 bits per heavy atom. The van der Waals surface area contributed by atoms with E-state index in [4.69, 9.17) is 5.26 Å². The molecule has 17 heavy (non-hydrogen) atoms. The molecule has 0 aliphatic rings. The largest absolute Gasteiger partial charge is 0.469 e. The number of aliphatic hydroxyl groups is 1. The second kappa shape index (κ2) is 6.02. The zero-order valence-corrected chi connectivity index (χ0v) is 9.99. The summed E-state index contributed by atoms with van der Waals surface area (Å²) >= 11 is 0. The van der Waals surface area contributed by atoms with Gasteiger partial charge in [-0.15, -0.1) is 0 Å². The van der Waals surface area contributed by atoms with Crippen molar-refractivity contribution in [2.24, 2.45) is 0 Å². The Morgan fingerprint density at radius 2 is 2.24 bits per heavy atom. The lowest BCUT2D eigenvalue weighted by Gasteiger charge is -2.10. The Kier molecular flexibility index (Phi) is 4.68. The van der Waals surface area contributed by atoms with Gasteiger partial charge in [-0.3, -0.25) is 4.79 Å². The summed E-state index contributed by atoms with van der Waals surface area (Å²) in [7, 11) is 1.32. The van der Waals surface area contributed by atoms with Gasteiger partial charge in [-0.1, -0.05) is 13.0 Å². The molecule has 0 saturated heterocycles. The summed E-state index contributed by atoms with van der Waals surface area (Å²) in [6.07, 6.45) is 0.851. The fourth-order valence-corrected chi connectivity index (χ4v) is 1.67. The number of aryl methyl sites for hydroxylation is 1. The Labute approximate surface area is 100 Å². The first kappa shape index (κ1) is 13.2. The van der Waals surface area contributed by atoms with Crippen LogP contribution in [0.15, 0.2) is 12.1 Å². The average Bonchev–Trinajstić information content (AvgIpc) is 2.37. The summed E-state index contributed by atoms with van der Waals surface area (Å²) < 4.78 is 4.60. The molecular formula is C13H15NO3. The number of methoxy groups -OCH3 is 1. The number of hydrogen-bond acceptors (Lipinski definition) is 4. The zero-order valence-electron chi connectivity index (χ0n) is 9.99. The molecule has 0 aromatic heterocycles. The number of nitriles is 1. The third-order valence-electron chi connectivity index (χ3n) is 2.65. The van der Waals surface area contributed by atoms with Gasteiger partial charge in [0.15, 0.2) is 0 Å². The molecular weight excluding hydrogens is 218 g/mol. The van der Waals surface area contributed by atoms with Gasteiger partial charge in [0.1, 0.15) is 0 Å². The van der Waals surface area contributed by atoms with Gasteiger partial charge in [-0.05, 0) is 29.2 Å². The van der Waals surface area contributed by atoms with E-state index < -0.39 is 0 Å². The Hall–Kier alpha value is -1.86. The van der Waals surface area contributed by atoms with Crippen LogP contribution >= 0.6 is 0 Å². The van der Waals surface area contributed by atoms with Crippen molar-refractivity contribution < 1.29 is 14.6 Å². The highest BCUT2D eigenvalue weighted by atomic mass is 16.5. The molecule has 0 spiro atoms. The molecule has 4 nitrogen and oxygen atoms in total. The van der Waals surface area contributed by atoms with E-state index in [1.807, 2.05) is 19.1 Å². The van der Waals surface area contributed by atoms with Gasteiger partial charge in [0.25, 0.3) is 0 Å². The smallest absolute Gasteiger partial charge is 0.309 e. The average molecular weight is 233 g/mol. The third kappa shape index (κ3) is 3.05. The summed E-state index contributed by atoms with van der Waals surface area (Å²) in [4.78, 5) is 11.3. The molecule has 4 heteroatoms. The maximum Gasteiger partial charge on any atom is 0.309 e. The molecule has 1 rings (SSSR count).